The van der Waals surface area contributed by atoms with E-state index in [9.17, 15) is 27.6 Å². The number of alkyl halides is 3. The molecule has 2 aromatic carbocycles. The minimum atomic E-state index is -5.08. The number of halogens is 3. The van der Waals surface area contributed by atoms with Crippen molar-refractivity contribution in [2.24, 2.45) is 11.8 Å². The molecule has 0 aromatic heterocycles. The Bertz CT molecular complexity index is 1320. The fraction of sp³-hybridized carbons (Fsp3) is 0.429. The highest BCUT2D eigenvalue weighted by molar-refractivity contribution is 6.10. The number of hydrogen-bond donors (Lipinski definition) is 2. The first-order valence-corrected chi connectivity index (χ1v) is 12.8. The summed E-state index contributed by atoms with van der Waals surface area (Å²) in [6.45, 7) is 1.05. The fourth-order valence-corrected chi connectivity index (χ4v) is 5.81. The monoisotopic (exact) mass is 577 g/mol. The number of piperidine rings is 1. The Morgan fingerprint density at radius 3 is 2.05 bits per heavy atom. The smallest absolute Gasteiger partial charge is 0.490 e. The topological polar surface area (TPSA) is 125 Å². The quantitative estimate of drug-likeness (QED) is 0.520. The van der Waals surface area contributed by atoms with Crippen LogP contribution in [0.15, 0.2) is 48.5 Å². The second-order valence-electron chi connectivity index (χ2n) is 10.1. The number of methoxy groups -OCH3 is 2. The molecule has 2 N–H and O–H groups in total. The molecule has 2 aromatic rings. The number of amides is 3. The molecule has 5 rings (SSSR count). The van der Waals surface area contributed by atoms with E-state index in [-0.39, 0.29) is 17.7 Å². The maximum absolute atomic E-state index is 14.0. The van der Waals surface area contributed by atoms with Crippen LogP contribution in [0.25, 0.3) is 0 Å². The predicted octanol–water partition coefficient (Wildman–Crippen LogP) is 2.77. The zero-order valence-electron chi connectivity index (χ0n) is 22.6. The van der Waals surface area contributed by atoms with Crippen molar-refractivity contribution in [1.82, 2.24) is 15.1 Å². The van der Waals surface area contributed by atoms with Gasteiger partial charge in [0.15, 0.2) is 0 Å². The van der Waals surface area contributed by atoms with Gasteiger partial charge in [0.1, 0.15) is 17.0 Å². The van der Waals surface area contributed by atoms with Crippen molar-refractivity contribution in [2.45, 2.75) is 37.1 Å². The van der Waals surface area contributed by atoms with Gasteiger partial charge in [0.25, 0.3) is 0 Å². The van der Waals surface area contributed by atoms with Crippen LogP contribution in [0.4, 0.5) is 13.2 Å². The number of hydrogen-bond acceptors (Lipinski definition) is 7. The third-order valence-electron chi connectivity index (χ3n) is 7.79. The van der Waals surface area contributed by atoms with Crippen LogP contribution in [0.2, 0.25) is 0 Å². The lowest BCUT2D eigenvalue weighted by molar-refractivity contribution is -0.192. The van der Waals surface area contributed by atoms with Gasteiger partial charge in [-0.15, -0.1) is 0 Å². The Morgan fingerprint density at radius 1 is 1.00 bits per heavy atom. The van der Waals surface area contributed by atoms with Crippen LogP contribution >= 0.6 is 0 Å². The van der Waals surface area contributed by atoms with Gasteiger partial charge < -0.3 is 19.5 Å². The predicted molar refractivity (Wildman–Crippen MR) is 138 cm³/mol. The number of likely N-dealkylation sites (tertiary alicyclic amines) is 2. The van der Waals surface area contributed by atoms with Gasteiger partial charge in [-0.25, -0.2) is 4.79 Å². The zero-order valence-corrected chi connectivity index (χ0v) is 22.6. The third-order valence-corrected chi connectivity index (χ3v) is 7.79. The minimum Gasteiger partial charge on any atom is -0.497 e. The van der Waals surface area contributed by atoms with Crippen LogP contribution in [0.3, 0.4) is 0 Å². The van der Waals surface area contributed by atoms with Crippen LogP contribution in [-0.4, -0.2) is 78.1 Å². The summed E-state index contributed by atoms with van der Waals surface area (Å²) >= 11 is 0. The molecule has 3 saturated heterocycles. The Morgan fingerprint density at radius 2 is 1.54 bits per heavy atom. The van der Waals surface area contributed by atoms with E-state index in [1.54, 1.807) is 14.2 Å². The minimum absolute atomic E-state index is 0.114. The molecule has 3 heterocycles. The molecular formula is C28H30F3N3O7. The number of fused-ring (bicyclic) bond motifs is 2. The van der Waals surface area contributed by atoms with E-state index < -0.39 is 35.6 Å². The van der Waals surface area contributed by atoms with Crippen molar-refractivity contribution >= 4 is 23.7 Å². The maximum atomic E-state index is 14.0. The van der Waals surface area contributed by atoms with Crippen molar-refractivity contribution in [1.29, 1.82) is 0 Å². The Kier molecular flexibility index (Phi) is 8.29. The highest BCUT2D eigenvalue weighted by Gasteiger charge is 2.68. The lowest BCUT2D eigenvalue weighted by atomic mass is 9.74. The Hall–Kier alpha value is -4.13. The van der Waals surface area contributed by atoms with Gasteiger partial charge in [-0.3, -0.25) is 24.6 Å². The number of carbonyl (C=O) groups is 4. The van der Waals surface area contributed by atoms with E-state index in [2.05, 4.69) is 5.32 Å². The molecule has 3 aliphatic rings. The van der Waals surface area contributed by atoms with Crippen LogP contribution in [0.5, 0.6) is 11.5 Å². The third kappa shape index (κ3) is 5.58. The lowest BCUT2D eigenvalue weighted by Crippen LogP contribution is -2.63. The molecule has 0 radical (unpaired) electrons. The molecule has 3 amide bonds. The summed E-state index contributed by atoms with van der Waals surface area (Å²) in [7, 11) is 4.73. The molecule has 3 fully saturated rings. The van der Waals surface area contributed by atoms with E-state index in [0.29, 0.717) is 25.3 Å². The zero-order chi connectivity index (χ0) is 30.1. The van der Waals surface area contributed by atoms with Crippen molar-refractivity contribution < 1.29 is 46.9 Å². The molecular weight excluding hydrogens is 547 g/mol. The molecule has 41 heavy (non-hydrogen) atoms. The summed E-state index contributed by atoms with van der Waals surface area (Å²) in [5.74, 6) is -3.26. The second-order valence-corrected chi connectivity index (χ2v) is 10.1. The molecule has 0 bridgehead atoms. The normalized spacial score (nSPS) is 25.6. The average Bonchev–Trinajstić information content (AvgIpc) is 3.40. The lowest BCUT2D eigenvalue weighted by Gasteiger charge is -2.42. The first-order valence-electron chi connectivity index (χ1n) is 12.8. The highest BCUT2D eigenvalue weighted by Crippen LogP contribution is 2.51. The number of rotatable bonds is 5. The van der Waals surface area contributed by atoms with Crippen LogP contribution in [0, 0.1) is 11.8 Å². The molecule has 3 aliphatic heterocycles. The summed E-state index contributed by atoms with van der Waals surface area (Å²) < 4.78 is 42.2. The van der Waals surface area contributed by atoms with Crippen LogP contribution in [0.1, 0.15) is 30.0 Å². The van der Waals surface area contributed by atoms with Crippen LogP contribution < -0.4 is 14.8 Å². The van der Waals surface area contributed by atoms with Gasteiger partial charge in [-0.1, -0.05) is 24.3 Å². The van der Waals surface area contributed by atoms with Gasteiger partial charge in [0.05, 0.1) is 26.1 Å². The van der Waals surface area contributed by atoms with Crippen LogP contribution in [-0.2, 0) is 25.7 Å². The number of imide groups is 1. The average molecular weight is 578 g/mol. The fourth-order valence-electron chi connectivity index (χ4n) is 5.81. The second kappa shape index (κ2) is 11.4. The maximum Gasteiger partial charge on any atom is 0.490 e. The van der Waals surface area contributed by atoms with E-state index >= 15 is 0 Å². The first-order chi connectivity index (χ1) is 19.3. The van der Waals surface area contributed by atoms with Crippen molar-refractivity contribution in [3.63, 3.8) is 0 Å². The standard InChI is InChI=1S/C26H29N3O5.C2HF3O2/c1-28-23(30)20-21(24(28)31)26(27-22(20)17-7-11-19(34-3)12-8-17)13-4-14-29(25(26)32)15-16-5-9-18(33-2)10-6-16;3-2(4,5)1(6)7/h5-12,20-22,27H,4,13-15H2,1-3H3;(H,6,7)/t20-,21-,22-,26-;/m1./s1. The van der Waals surface area contributed by atoms with Crippen molar-refractivity contribution in [2.75, 3.05) is 27.8 Å². The van der Waals surface area contributed by atoms with Gasteiger partial charge in [-0.05, 0) is 48.2 Å². The summed E-state index contributed by atoms with van der Waals surface area (Å²) in [5, 5.41) is 10.6. The molecule has 0 aliphatic carbocycles. The highest BCUT2D eigenvalue weighted by atomic mass is 19.4. The number of carbonyl (C=O) groups excluding carboxylic acids is 3. The summed E-state index contributed by atoms with van der Waals surface area (Å²) in [6.07, 6.45) is -3.82. The molecule has 0 saturated carbocycles. The van der Waals surface area contributed by atoms with E-state index in [4.69, 9.17) is 19.4 Å². The summed E-state index contributed by atoms with van der Waals surface area (Å²) in [5.41, 5.74) is 0.750. The van der Waals surface area contributed by atoms with Gasteiger partial charge >= 0.3 is 12.1 Å². The van der Waals surface area contributed by atoms with Gasteiger partial charge in [0, 0.05) is 26.2 Å². The first kappa shape index (κ1) is 29.8. The Balaban J connectivity index is 0.000000493. The number of ether oxygens (including phenoxy) is 2. The molecule has 0 unspecified atom stereocenters. The van der Waals surface area contributed by atoms with E-state index in [1.807, 2.05) is 53.4 Å². The Labute approximate surface area is 234 Å². The van der Waals surface area contributed by atoms with Gasteiger partial charge in [0.2, 0.25) is 17.7 Å². The summed E-state index contributed by atoms with van der Waals surface area (Å²) in [6, 6.07) is 14.7. The number of aliphatic carboxylic acids is 1. The molecule has 4 atom stereocenters. The van der Waals surface area contributed by atoms with Gasteiger partial charge in [-0.2, -0.15) is 13.2 Å². The number of carboxylic acids is 1. The number of nitrogens with one attached hydrogen (secondary N) is 1. The summed E-state index contributed by atoms with van der Waals surface area (Å²) in [4.78, 5) is 52.4. The van der Waals surface area contributed by atoms with E-state index in [0.717, 1.165) is 23.3 Å². The molecule has 10 nitrogen and oxygen atoms in total. The molecule has 220 valence electrons. The molecule has 1 spiro atoms. The number of carboxylic acid groups (broad SMARTS) is 1. The largest absolute Gasteiger partial charge is 0.497 e. The number of benzene rings is 2. The number of nitrogens with zero attached hydrogens (tertiary/aromatic N) is 2. The van der Waals surface area contributed by atoms with E-state index in [1.165, 1.54) is 11.9 Å². The molecule has 13 heteroatoms. The SMILES string of the molecule is COc1ccc(CN2CCC[C@]3(N[C@H](c4ccc(OC)cc4)[C@@H]4C(=O)N(C)C(=O)[C@@H]43)C2=O)cc1.O=C(O)C(F)(F)F. The van der Waals surface area contributed by atoms with Crippen molar-refractivity contribution in [3.8, 4) is 11.5 Å². The van der Waals surface area contributed by atoms with Crippen molar-refractivity contribution in [3.05, 3.63) is 59.7 Å².